The van der Waals surface area contributed by atoms with Crippen LogP contribution in [-0.4, -0.2) is 14.5 Å². The Kier molecular flexibility index (Phi) is 1.73. The van der Waals surface area contributed by atoms with E-state index in [-0.39, 0.29) is 11.5 Å². The summed E-state index contributed by atoms with van der Waals surface area (Å²) in [5.74, 6) is 0.177. The van der Waals surface area contributed by atoms with Crippen molar-refractivity contribution in [1.29, 1.82) is 0 Å². The Balaban J connectivity index is 2.99. The standard InChI is InChI=1S/C9H10N4O/c1-5-3-6-4-11-9(10)12-7(6)13(2)8(5)14/h3-4H,1-2H3,(H2,10,11,12). The average molecular weight is 190 g/mol. The van der Waals surface area contributed by atoms with E-state index in [1.165, 1.54) is 4.57 Å². The minimum atomic E-state index is -0.0596. The van der Waals surface area contributed by atoms with Crippen LogP contribution >= 0.6 is 0 Å². The summed E-state index contributed by atoms with van der Waals surface area (Å²) in [5, 5.41) is 0.818. The summed E-state index contributed by atoms with van der Waals surface area (Å²) in [7, 11) is 1.67. The van der Waals surface area contributed by atoms with Crippen LogP contribution in [0.3, 0.4) is 0 Å². The van der Waals surface area contributed by atoms with Gasteiger partial charge in [-0.15, -0.1) is 0 Å². The number of hydrogen-bond acceptors (Lipinski definition) is 4. The zero-order valence-electron chi connectivity index (χ0n) is 7.98. The summed E-state index contributed by atoms with van der Waals surface area (Å²) < 4.78 is 1.47. The highest BCUT2D eigenvalue weighted by Crippen LogP contribution is 2.09. The molecular formula is C9H10N4O. The van der Waals surface area contributed by atoms with Gasteiger partial charge in [0, 0.05) is 24.2 Å². The van der Waals surface area contributed by atoms with Gasteiger partial charge in [-0.1, -0.05) is 0 Å². The Morgan fingerprint density at radius 3 is 2.93 bits per heavy atom. The van der Waals surface area contributed by atoms with E-state index in [0.29, 0.717) is 11.2 Å². The zero-order valence-corrected chi connectivity index (χ0v) is 7.98. The van der Waals surface area contributed by atoms with Gasteiger partial charge in [0.25, 0.3) is 5.56 Å². The summed E-state index contributed by atoms with van der Waals surface area (Å²) >= 11 is 0. The lowest BCUT2D eigenvalue weighted by Gasteiger charge is -2.04. The van der Waals surface area contributed by atoms with Gasteiger partial charge in [-0.3, -0.25) is 9.36 Å². The molecule has 0 saturated heterocycles. The monoisotopic (exact) mass is 190 g/mol. The zero-order chi connectivity index (χ0) is 10.3. The highest BCUT2D eigenvalue weighted by atomic mass is 16.1. The Hall–Kier alpha value is -1.91. The molecular weight excluding hydrogens is 180 g/mol. The average Bonchev–Trinajstić information content (AvgIpc) is 2.16. The molecule has 2 N–H and O–H groups in total. The van der Waals surface area contributed by atoms with Gasteiger partial charge >= 0.3 is 0 Å². The van der Waals surface area contributed by atoms with E-state index < -0.39 is 0 Å². The molecule has 2 rings (SSSR count). The van der Waals surface area contributed by atoms with Gasteiger partial charge in [-0.25, -0.2) is 4.98 Å². The second-order valence-electron chi connectivity index (χ2n) is 3.20. The van der Waals surface area contributed by atoms with Gasteiger partial charge in [0.2, 0.25) is 5.95 Å². The lowest BCUT2D eigenvalue weighted by atomic mass is 10.2. The first-order valence-electron chi connectivity index (χ1n) is 4.18. The minimum absolute atomic E-state index is 0.0596. The van der Waals surface area contributed by atoms with E-state index in [0.717, 1.165) is 5.39 Å². The number of hydrogen-bond donors (Lipinski definition) is 1. The fourth-order valence-electron chi connectivity index (χ4n) is 1.42. The molecule has 0 radical (unpaired) electrons. The van der Waals surface area contributed by atoms with Crippen molar-refractivity contribution < 1.29 is 0 Å². The third kappa shape index (κ3) is 1.14. The Labute approximate surface area is 80.2 Å². The molecule has 2 aromatic heterocycles. The van der Waals surface area contributed by atoms with Gasteiger partial charge in [0.1, 0.15) is 5.65 Å². The lowest BCUT2D eigenvalue weighted by Crippen LogP contribution is -2.20. The summed E-state index contributed by atoms with van der Waals surface area (Å²) in [6, 6.07) is 1.76. The van der Waals surface area contributed by atoms with Crippen LogP contribution in [0.5, 0.6) is 0 Å². The van der Waals surface area contributed by atoms with Gasteiger partial charge in [0.05, 0.1) is 0 Å². The number of rotatable bonds is 0. The van der Waals surface area contributed by atoms with E-state index >= 15 is 0 Å². The van der Waals surface area contributed by atoms with Crippen LogP contribution in [0.2, 0.25) is 0 Å². The van der Waals surface area contributed by atoms with Crippen LogP contribution in [0.1, 0.15) is 5.56 Å². The smallest absolute Gasteiger partial charge is 0.254 e. The molecule has 0 spiro atoms. The number of aromatic nitrogens is 3. The van der Waals surface area contributed by atoms with Crippen molar-refractivity contribution in [1.82, 2.24) is 14.5 Å². The van der Waals surface area contributed by atoms with Crippen molar-refractivity contribution >= 4 is 17.0 Å². The van der Waals surface area contributed by atoms with Crippen LogP contribution in [0, 0.1) is 6.92 Å². The third-order valence-corrected chi connectivity index (χ3v) is 2.15. The number of aryl methyl sites for hydroxylation is 2. The fraction of sp³-hybridized carbons (Fsp3) is 0.222. The van der Waals surface area contributed by atoms with Crippen LogP contribution < -0.4 is 11.3 Å². The SMILES string of the molecule is Cc1cc2cnc(N)nc2n(C)c1=O. The van der Waals surface area contributed by atoms with Crippen molar-refractivity contribution in [2.45, 2.75) is 6.92 Å². The molecule has 0 aliphatic carbocycles. The molecule has 0 fully saturated rings. The molecule has 0 aliphatic heterocycles. The molecule has 72 valence electrons. The second kappa shape index (κ2) is 2.80. The van der Waals surface area contributed by atoms with Gasteiger partial charge in [0.15, 0.2) is 0 Å². The number of fused-ring (bicyclic) bond motifs is 1. The molecule has 0 aromatic carbocycles. The van der Waals surface area contributed by atoms with Crippen molar-refractivity contribution in [3.63, 3.8) is 0 Å². The summed E-state index contributed by atoms with van der Waals surface area (Å²) in [5.41, 5.74) is 6.62. The molecule has 14 heavy (non-hydrogen) atoms. The number of pyridine rings is 1. The summed E-state index contributed by atoms with van der Waals surface area (Å²) in [4.78, 5) is 19.4. The number of nitrogens with two attached hydrogens (primary N) is 1. The molecule has 5 nitrogen and oxygen atoms in total. The first-order valence-corrected chi connectivity index (χ1v) is 4.18. The van der Waals surface area contributed by atoms with Crippen molar-refractivity contribution in [3.8, 4) is 0 Å². The van der Waals surface area contributed by atoms with Crippen molar-refractivity contribution in [3.05, 3.63) is 28.2 Å². The highest BCUT2D eigenvalue weighted by molar-refractivity contribution is 5.75. The predicted molar refractivity (Wildman–Crippen MR) is 53.9 cm³/mol. The summed E-state index contributed by atoms with van der Waals surface area (Å²) in [6.45, 7) is 1.76. The van der Waals surface area contributed by atoms with Crippen LogP contribution in [0.25, 0.3) is 11.0 Å². The molecule has 0 atom stereocenters. The number of anilines is 1. The van der Waals surface area contributed by atoms with Crippen LogP contribution in [0.4, 0.5) is 5.95 Å². The molecule has 0 saturated carbocycles. The topological polar surface area (TPSA) is 73.8 Å². The Bertz CT molecular complexity index is 558. The minimum Gasteiger partial charge on any atom is -0.368 e. The van der Waals surface area contributed by atoms with Gasteiger partial charge in [-0.05, 0) is 13.0 Å². The fourth-order valence-corrected chi connectivity index (χ4v) is 1.42. The Morgan fingerprint density at radius 2 is 2.21 bits per heavy atom. The van der Waals surface area contributed by atoms with Gasteiger partial charge in [-0.2, -0.15) is 4.98 Å². The van der Waals surface area contributed by atoms with Crippen LogP contribution in [-0.2, 0) is 7.05 Å². The van der Waals surface area contributed by atoms with E-state index in [1.54, 1.807) is 26.2 Å². The maximum absolute atomic E-state index is 11.6. The van der Waals surface area contributed by atoms with Crippen LogP contribution in [0.15, 0.2) is 17.1 Å². The maximum Gasteiger partial charge on any atom is 0.254 e. The molecule has 0 unspecified atom stereocenters. The van der Waals surface area contributed by atoms with Crippen molar-refractivity contribution in [2.24, 2.45) is 7.05 Å². The normalized spacial score (nSPS) is 10.7. The second-order valence-corrected chi connectivity index (χ2v) is 3.20. The molecule has 5 heteroatoms. The first kappa shape index (κ1) is 8.68. The van der Waals surface area contributed by atoms with E-state index in [9.17, 15) is 4.79 Å². The van der Waals surface area contributed by atoms with E-state index in [1.807, 2.05) is 0 Å². The maximum atomic E-state index is 11.6. The molecule has 0 amide bonds. The molecule has 0 bridgehead atoms. The number of nitrogens with zero attached hydrogens (tertiary/aromatic N) is 3. The van der Waals surface area contributed by atoms with Gasteiger partial charge < -0.3 is 5.73 Å². The molecule has 0 aliphatic rings. The molecule has 2 aromatic rings. The number of nitrogen functional groups attached to an aromatic ring is 1. The largest absolute Gasteiger partial charge is 0.368 e. The van der Waals surface area contributed by atoms with E-state index in [4.69, 9.17) is 5.73 Å². The quantitative estimate of drug-likeness (QED) is 0.644. The predicted octanol–water partition coefficient (Wildman–Crippen LogP) is 0.219. The highest BCUT2D eigenvalue weighted by Gasteiger charge is 2.04. The summed E-state index contributed by atoms with van der Waals surface area (Å²) in [6.07, 6.45) is 1.62. The first-order chi connectivity index (χ1) is 6.59. The third-order valence-electron chi connectivity index (χ3n) is 2.15. The van der Waals surface area contributed by atoms with Crippen molar-refractivity contribution in [2.75, 3.05) is 5.73 Å². The van der Waals surface area contributed by atoms with E-state index in [2.05, 4.69) is 9.97 Å². The Morgan fingerprint density at radius 1 is 1.50 bits per heavy atom. The lowest BCUT2D eigenvalue weighted by molar-refractivity contribution is 0.874. The molecule has 2 heterocycles.